The van der Waals surface area contributed by atoms with Gasteiger partial charge in [-0.15, -0.1) is 0 Å². The number of carboxylic acids is 1. The van der Waals surface area contributed by atoms with Crippen molar-refractivity contribution < 1.29 is 33.0 Å². The molecule has 3 rings (SSSR count). The lowest BCUT2D eigenvalue weighted by atomic mass is 9.95. The van der Waals surface area contributed by atoms with Crippen molar-refractivity contribution >= 4 is 11.9 Å². The molecule has 0 fully saturated rings. The fourth-order valence-electron chi connectivity index (χ4n) is 3.39. The van der Waals surface area contributed by atoms with Gasteiger partial charge >= 0.3 is 5.97 Å². The zero-order chi connectivity index (χ0) is 24.7. The van der Waals surface area contributed by atoms with Crippen LogP contribution in [-0.4, -0.2) is 24.1 Å². The lowest BCUT2D eigenvalue weighted by Crippen LogP contribution is -2.24. The standard InChI is InChI=1S/C26H25F2NO5/c1-3-18(26(31)32)12-16-4-10-23(33-2)21(13-16)25(30)29-15-17-5-11-24(22(28)14-17)34-20-8-6-19(27)7-9-20/h4-11,13-14,18H,3,12,15H2,1-2H3,(H,29,30)(H,31,32)/t18-/m0/s1. The van der Waals surface area contributed by atoms with Crippen LogP contribution in [0, 0.1) is 17.6 Å². The minimum absolute atomic E-state index is 0.0278. The number of nitrogens with one attached hydrogen (secondary N) is 1. The van der Waals surface area contributed by atoms with Gasteiger partial charge in [-0.25, -0.2) is 8.78 Å². The molecule has 0 bridgehead atoms. The van der Waals surface area contributed by atoms with E-state index in [0.717, 1.165) is 0 Å². The van der Waals surface area contributed by atoms with Crippen LogP contribution in [-0.2, 0) is 17.8 Å². The molecule has 0 aliphatic rings. The van der Waals surface area contributed by atoms with Crippen molar-refractivity contribution in [2.75, 3.05) is 7.11 Å². The molecule has 0 spiro atoms. The number of benzene rings is 3. The Balaban J connectivity index is 1.68. The van der Waals surface area contributed by atoms with E-state index in [1.54, 1.807) is 31.2 Å². The molecular formula is C26H25F2NO5. The molecule has 0 saturated carbocycles. The summed E-state index contributed by atoms with van der Waals surface area (Å²) < 4.78 is 38.2. The highest BCUT2D eigenvalue weighted by Gasteiger charge is 2.19. The van der Waals surface area contributed by atoms with Gasteiger partial charge in [0.15, 0.2) is 11.6 Å². The fraction of sp³-hybridized carbons (Fsp3) is 0.231. The minimum Gasteiger partial charge on any atom is -0.496 e. The van der Waals surface area contributed by atoms with Crippen LogP contribution in [0.4, 0.5) is 8.78 Å². The van der Waals surface area contributed by atoms with Crippen LogP contribution in [0.3, 0.4) is 0 Å². The van der Waals surface area contributed by atoms with Crippen molar-refractivity contribution in [3.05, 3.63) is 89.0 Å². The normalized spacial score (nSPS) is 11.5. The summed E-state index contributed by atoms with van der Waals surface area (Å²) >= 11 is 0. The van der Waals surface area contributed by atoms with Gasteiger partial charge in [-0.3, -0.25) is 9.59 Å². The largest absolute Gasteiger partial charge is 0.496 e. The number of carbonyl (C=O) groups is 2. The van der Waals surface area contributed by atoms with E-state index in [1.165, 1.54) is 43.5 Å². The molecule has 0 radical (unpaired) electrons. The van der Waals surface area contributed by atoms with Gasteiger partial charge in [0.05, 0.1) is 18.6 Å². The van der Waals surface area contributed by atoms with E-state index in [1.807, 2.05) is 0 Å². The fourth-order valence-corrected chi connectivity index (χ4v) is 3.39. The van der Waals surface area contributed by atoms with E-state index in [9.17, 15) is 23.5 Å². The lowest BCUT2D eigenvalue weighted by molar-refractivity contribution is -0.141. The molecular weight excluding hydrogens is 444 g/mol. The van der Waals surface area contributed by atoms with E-state index in [0.29, 0.717) is 29.0 Å². The highest BCUT2D eigenvalue weighted by atomic mass is 19.1. The van der Waals surface area contributed by atoms with Crippen molar-refractivity contribution in [2.45, 2.75) is 26.3 Å². The maximum Gasteiger partial charge on any atom is 0.306 e. The van der Waals surface area contributed by atoms with Gasteiger partial charge in [-0.1, -0.05) is 19.1 Å². The highest BCUT2D eigenvalue weighted by Crippen LogP contribution is 2.26. The molecule has 3 aromatic carbocycles. The second kappa shape index (κ2) is 11.3. The maximum absolute atomic E-state index is 14.5. The number of halogens is 2. The molecule has 6 nitrogen and oxygen atoms in total. The molecule has 3 aromatic rings. The second-order valence-corrected chi connectivity index (χ2v) is 7.69. The number of methoxy groups -OCH3 is 1. The molecule has 0 unspecified atom stereocenters. The number of hydrogen-bond acceptors (Lipinski definition) is 4. The van der Waals surface area contributed by atoms with Gasteiger partial charge < -0.3 is 19.9 Å². The Labute approximate surface area is 196 Å². The number of amides is 1. The SMILES string of the molecule is CC[C@@H](Cc1ccc(OC)c(C(=O)NCc2ccc(Oc3ccc(F)cc3)c(F)c2)c1)C(=O)O. The first-order valence-electron chi connectivity index (χ1n) is 10.7. The second-order valence-electron chi connectivity index (χ2n) is 7.69. The molecule has 8 heteroatoms. The Hall–Kier alpha value is -3.94. The molecule has 0 aromatic heterocycles. The monoisotopic (exact) mass is 469 g/mol. The molecule has 178 valence electrons. The molecule has 0 saturated heterocycles. The van der Waals surface area contributed by atoms with Gasteiger partial charge in [-0.2, -0.15) is 0 Å². The predicted molar refractivity (Wildman–Crippen MR) is 122 cm³/mol. The van der Waals surface area contributed by atoms with E-state index in [-0.39, 0.29) is 24.3 Å². The Morgan fingerprint density at radius 2 is 1.65 bits per heavy atom. The predicted octanol–water partition coefficient (Wildman–Crippen LogP) is 5.35. The quantitative estimate of drug-likeness (QED) is 0.418. The maximum atomic E-state index is 14.5. The summed E-state index contributed by atoms with van der Waals surface area (Å²) in [6, 6.07) is 14.5. The van der Waals surface area contributed by atoms with Gasteiger partial charge in [0.25, 0.3) is 5.91 Å². The van der Waals surface area contributed by atoms with E-state index in [4.69, 9.17) is 9.47 Å². The average Bonchev–Trinajstić information content (AvgIpc) is 2.83. The van der Waals surface area contributed by atoms with Gasteiger partial charge in [0, 0.05) is 6.54 Å². The molecule has 0 heterocycles. The van der Waals surface area contributed by atoms with Crippen LogP contribution >= 0.6 is 0 Å². The Bertz CT molecular complexity index is 1160. The number of carbonyl (C=O) groups excluding carboxylic acids is 1. The molecule has 1 amide bonds. The summed E-state index contributed by atoms with van der Waals surface area (Å²) in [4.78, 5) is 24.1. The van der Waals surface area contributed by atoms with Crippen molar-refractivity contribution in [3.63, 3.8) is 0 Å². The van der Waals surface area contributed by atoms with Gasteiger partial charge in [-0.05, 0) is 72.5 Å². The summed E-state index contributed by atoms with van der Waals surface area (Å²) in [5.74, 6) is -2.32. The summed E-state index contributed by atoms with van der Waals surface area (Å²) in [5, 5.41) is 12.0. The first kappa shape index (κ1) is 24.7. The Kier molecular flexibility index (Phi) is 8.19. The first-order valence-corrected chi connectivity index (χ1v) is 10.7. The number of rotatable bonds is 10. The first-order chi connectivity index (χ1) is 16.3. The van der Waals surface area contributed by atoms with E-state index < -0.39 is 29.4 Å². The average molecular weight is 469 g/mol. The van der Waals surface area contributed by atoms with Crippen LogP contribution in [0.2, 0.25) is 0 Å². The number of hydrogen-bond donors (Lipinski definition) is 2. The third-order valence-corrected chi connectivity index (χ3v) is 5.32. The minimum atomic E-state index is -0.891. The Morgan fingerprint density at radius 3 is 2.26 bits per heavy atom. The van der Waals surface area contributed by atoms with Crippen molar-refractivity contribution in [1.82, 2.24) is 5.32 Å². The van der Waals surface area contributed by atoms with Gasteiger partial charge in [0.2, 0.25) is 0 Å². The van der Waals surface area contributed by atoms with Crippen LogP contribution in [0.5, 0.6) is 17.2 Å². The number of carboxylic acid groups (broad SMARTS) is 1. The molecule has 0 aliphatic carbocycles. The third-order valence-electron chi connectivity index (χ3n) is 5.32. The summed E-state index contributed by atoms with van der Waals surface area (Å²) in [6.07, 6.45) is 0.756. The zero-order valence-electron chi connectivity index (χ0n) is 18.8. The third kappa shape index (κ3) is 6.31. The van der Waals surface area contributed by atoms with Crippen molar-refractivity contribution in [1.29, 1.82) is 0 Å². The molecule has 1 atom stereocenters. The molecule has 34 heavy (non-hydrogen) atoms. The van der Waals surface area contributed by atoms with Gasteiger partial charge in [0.1, 0.15) is 17.3 Å². The van der Waals surface area contributed by atoms with E-state index >= 15 is 0 Å². The van der Waals surface area contributed by atoms with Crippen LogP contribution in [0.15, 0.2) is 60.7 Å². The van der Waals surface area contributed by atoms with Crippen LogP contribution in [0.1, 0.15) is 34.8 Å². The molecule has 0 aliphatic heterocycles. The molecule has 2 N–H and O–H groups in total. The van der Waals surface area contributed by atoms with Crippen molar-refractivity contribution in [2.24, 2.45) is 5.92 Å². The summed E-state index contributed by atoms with van der Waals surface area (Å²) in [5.41, 5.74) is 1.47. The summed E-state index contributed by atoms with van der Waals surface area (Å²) in [7, 11) is 1.44. The van der Waals surface area contributed by atoms with Crippen LogP contribution in [0.25, 0.3) is 0 Å². The summed E-state index contributed by atoms with van der Waals surface area (Å²) in [6.45, 7) is 1.84. The smallest absolute Gasteiger partial charge is 0.306 e. The van der Waals surface area contributed by atoms with E-state index in [2.05, 4.69) is 5.32 Å². The lowest BCUT2D eigenvalue weighted by Gasteiger charge is -2.14. The number of ether oxygens (including phenoxy) is 2. The van der Waals surface area contributed by atoms with Crippen molar-refractivity contribution in [3.8, 4) is 17.2 Å². The number of aliphatic carboxylic acids is 1. The Morgan fingerprint density at radius 1 is 0.971 bits per heavy atom. The van der Waals surface area contributed by atoms with Crippen LogP contribution < -0.4 is 14.8 Å². The highest BCUT2D eigenvalue weighted by molar-refractivity contribution is 5.97. The topological polar surface area (TPSA) is 84.9 Å². The zero-order valence-corrected chi connectivity index (χ0v) is 18.8.